The van der Waals surface area contributed by atoms with Crippen LogP contribution in [0.2, 0.25) is 0 Å². The second kappa shape index (κ2) is 17.5. The van der Waals surface area contributed by atoms with Crippen LogP contribution in [0.4, 0.5) is 4.79 Å². The largest absolute Gasteiger partial charge is 0.497 e. The van der Waals surface area contributed by atoms with E-state index in [1.807, 2.05) is 44.2 Å². The number of methoxy groups -OCH3 is 1. The molecule has 0 aromatic heterocycles. The van der Waals surface area contributed by atoms with Crippen LogP contribution in [0.3, 0.4) is 0 Å². The van der Waals surface area contributed by atoms with Crippen molar-refractivity contribution in [1.29, 1.82) is 0 Å². The molecule has 0 bridgehead atoms. The highest BCUT2D eigenvalue weighted by molar-refractivity contribution is 7.89. The average Bonchev–Trinajstić information content (AvgIpc) is 3.04. The van der Waals surface area contributed by atoms with Gasteiger partial charge in [-0.3, -0.25) is 4.79 Å². The van der Waals surface area contributed by atoms with Crippen LogP contribution in [0.25, 0.3) is 0 Å². The lowest BCUT2D eigenvalue weighted by atomic mass is 9.99. The fourth-order valence-electron chi connectivity index (χ4n) is 4.52. The summed E-state index contributed by atoms with van der Waals surface area (Å²) < 4.78 is 38.8. The Labute approximate surface area is 266 Å². The van der Waals surface area contributed by atoms with Crippen molar-refractivity contribution in [3.63, 3.8) is 0 Å². The Morgan fingerprint density at radius 3 is 2.11 bits per heavy atom. The fourth-order valence-corrected chi connectivity index (χ4v) is 6.01. The molecule has 0 spiro atoms. The maximum atomic E-state index is 13.6. The minimum absolute atomic E-state index is 0.00430. The minimum Gasteiger partial charge on any atom is -0.497 e. The molecule has 0 saturated carbocycles. The van der Waals surface area contributed by atoms with Crippen LogP contribution in [0.15, 0.2) is 89.8 Å². The van der Waals surface area contributed by atoms with Crippen molar-refractivity contribution in [1.82, 2.24) is 14.9 Å². The molecule has 0 saturated heterocycles. The van der Waals surface area contributed by atoms with Crippen LogP contribution in [-0.2, 0) is 32.6 Å². The second-order valence-electron chi connectivity index (χ2n) is 11.4. The third kappa shape index (κ3) is 11.5. The summed E-state index contributed by atoms with van der Waals surface area (Å²) in [5.74, 6) is -0.120. The van der Waals surface area contributed by atoms with Crippen molar-refractivity contribution in [2.45, 2.75) is 57.3 Å². The number of alkyl carbamates (subject to hydrolysis) is 1. The van der Waals surface area contributed by atoms with Gasteiger partial charge in [0.1, 0.15) is 12.4 Å². The summed E-state index contributed by atoms with van der Waals surface area (Å²) in [5.41, 5.74) is 1.65. The summed E-state index contributed by atoms with van der Waals surface area (Å²) in [6.45, 7) is 5.74. The number of carbonyl (C=O) groups is 2. The summed E-state index contributed by atoms with van der Waals surface area (Å²) >= 11 is 0. The summed E-state index contributed by atoms with van der Waals surface area (Å²) in [6, 6.07) is 23.8. The molecule has 0 aliphatic heterocycles. The van der Waals surface area contributed by atoms with E-state index in [2.05, 4.69) is 10.6 Å². The van der Waals surface area contributed by atoms with Gasteiger partial charge in [-0.25, -0.2) is 13.2 Å². The number of rotatable bonds is 17. The van der Waals surface area contributed by atoms with Gasteiger partial charge in [-0.15, -0.1) is 0 Å². The molecule has 0 radical (unpaired) electrons. The van der Waals surface area contributed by atoms with Gasteiger partial charge in [0.25, 0.3) is 0 Å². The number of aliphatic hydroxyl groups is 1. The van der Waals surface area contributed by atoms with E-state index in [0.717, 1.165) is 11.1 Å². The van der Waals surface area contributed by atoms with Gasteiger partial charge in [-0.2, -0.15) is 4.31 Å². The van der Waals surface area contributed by atoms with E-state index in [1.54, 1.807) is 56.5 Å². The molecule has 0 fully saturated rings. The first-order valence-electron chi connectivity index (χ1n) is 15.1. The topological polar surface area (TPSA) is 134 Å². The van der Waals surface area contributed by atoms with Gasteiger partial charge in [0.05, 0.1) is 30.1 Å². The van der Waals surface area contributed by atoms with E-state index in [1.165, 1.54) is 16.4 Å². The smallest absolute Gasteiger partial charge is 0.407 e. The molecular weight excluding hydrogens is 594 g/mol. The van der Waals surface area contributed by atoms with Crippen LogP contribution >= 0.6 is 0 Å². The molecule has 10 nitrogen and oxygen atoms in total. The second-order valence-corrected chi connectivity index (χ2v) is 13.4. The number of hydrogen-bond donors (Lipinski definition) is 3. The molecular formula is C34H45N3O7S. The number of amides is 2. The molecule has 3 N–H and O–H groups in total. The molecule has 11 heteroatoms. The van der Waals surface area contributed by atoms with Gasteiger partial charge in [-0.1, -0.05) is 81.4 Å². The lowest BCUT2D eigenvalue weighted by molar-refractivity contribution is -0.126. The maximum absolute atomic E-state index is 13.6. The average molecular weight is 640 g/mol. The number of ether oxygens (including phenoxy) is 2. The number of sulfonamides is 1. The summed E-state index contributed by atoms with van der Waals surface area (Å²) in [6.07, 6.45) is -1.000. The Hall–Kier alpha value is -3.93. The van der Waals surface area contributed by atoms with Crippen molar-refractivity contribution < 1.29 is 32.6 Å². The first-order chi connectivity index (χ1) is 21.5. The number of aliphatic hydroxyl groups excluding tert-OH is 1. The quantitative estimate of drug-likeness (QED) is 0.200. The Morgan fingerprint density at radius 1 is 0.889 bits per heavy atom. The molecule has 244 valence electrons. The molecule has 0 aliphatic rings. The van der Waals surface area contributed by atoms with Crippen LogP contribution in [0.5, 0.6) is 5.75 Å². The number of benzene rings is 3. The van der Waals surface area contributed by atoms with Gasteiger partial charge in [0.2, 0.25) is 15.9 Å². The SMILES string of the molecule is COc1ccc(COC(=O)NCC(C)C(=O)N[C@@H](Cc2ccccc2)C(O)CN(CCC(C)C)S(=O)(=O)c2ccccc2)cc1. The predicted molar refractivity (Wildman–Crippen MR) is 173 cm³/mol. The van der Waals surface area contributed by atoms with E-state index < -0.39 is 40.1 Å². The van der Waals surface area contributed by atoms with Crippen molar-refractivity contribution in [2.24, 2.45) is 11.8 Å². The fraction of sp³-hybridized carbons (Fsp3) is 0.412. The number of nitrogens with one attached hydrogen (secondary N) is 2. The summed E-state index contributed by atoms with van der Waals surface area (Å²) in [4.78, 5) is 25.7. The van der Waals surface area contributed by atoms with Crippen molar-refractivity contribution in [2.75, 3.05) is 26.7 Å². The first-order valence-corrected chi connectivity index (χ1v) is 16.5. The number of hydrogen-bond acceptors (Lipinski definition) is 7. The minimum atomic E-state index is -3.90. The summed E-state index contributed by atoms with van der Waals surface area (Å²) in [5, 5.41) is 17.0. The van der Waals surface area contributed by atoms with E-state index in [0.29, 0.717) is 12.2 Å². The standard InChI is InChI=1S/C34H45N3O7S/c1-25(2)19-20-37(45(41,42)30-13-9-6-10-14-30)23-32(38)31(21-27-11-7-5-8-12-27)36-33(39)26(3)22-35-34(40)44-24-28-15-17-29(43-4)18-16-28/h5-18,25-26,31-32,38H,19-24H2,1-4H3,(H,35,40)(H,36,39)/t26?,31-,32?/m0/s1. The Balaban J connectivity index is 1.67. The van der Waals surface area contributed by atoms with Gasteiger partial charge in [0, 0.05) is 19.6 Å². The van der Waals surface area contributed by atoms with Crippen LogP contribution in [0.1, 0.15) is 38.3 Å². The number of carbonyl (C=O) groups excluding carboxylic acids is 2. The van der Waals surface area contributed by atoms with Gasteiger partial charge in [0.15, 0.2) is 0 Å². The normalized spacial score (nSPS) is 13.6. The predicted octanol–water partition coefficient (Wildman–Crippen LogP) is 4.38. The van der Waals surface area contributed by atoms with E-state index >= 15 is 0 Å². The first kappa shape index (κ1) is 35.5. The zero-order valence-corrected chi connectivity index (χ0v) is 27.2. The molecule has 0 heterocycles. The van der Waals surface area contributed by atoms with Crippen LogP contribution in [0, 0.1) is 11.8 Å². The molecule has 3 atom stereocenters. The van der Waals surface area contributed by atoms with Gasteiger partial charge < -0.3 is 25.2 Å². The maximum Gasteiger partial charge on any atom is 0.407 e. The molecule has 2 amide bonds. The summed E-state index contributed by atoms with van der Waals surface area (Å²) in [7, 11) is -2.33. The zero-order valence-electron chi connectivity index (χ0n) is 26.4. The Bertz CT molecular complexity index is 1440. The van der Waals surface area contributed by atoms with Crippen LogP contribution in [-0.4, -0.2) is 68.7 Å². The molecule has 2 unspecified atom stereocenters. The molecule has 0 aliphatic carbocycles. The highest BCUT2D eigenvalue weighted by atomic mass is 32.2. The van der Waals surface area contributed by atoms with Gasteiger partial charge >= 0.3 is 6.09 Å². The molecule has 45 heavy (non-hydrogen) atoms. The third-order valence-corrected chi connectivity index (χ3v) is 9.23. The van der Waals surface area contributed by atoms with E-state index in [4.69, 9.17) is 9.47 Å². The van der Waals surface area contributed by atoms with Crippen LogP contribution < -0.4 is 15.4 Å². The van der Waals surface area contributed by atoms with Crippen molar-refractivity contribution in [3.05, 3.63) is 96.1 Å². The molecule has 3 aromatic rings. The lowest BCUT2D eigenvalue weighted by Gasteiger charge is -2.31. The molecule has 3 rings (SSSR count). The van der Waals surface area contributed by atoms with Gasteiger partial charge in [-0.05, 0) is 54.2 Å². The monoisotopic (exact) mass is 639 g/mol. The van der Waals surface area contributed by atoms with Crippen molar-refractivity contribution in [3.8, 4) is 5.75 Å². The zero-order chi connectivity index (χ0) is 32.8. The van der Waals surface area contributed by atoms with E-state index in [-0.39, 0.29) is 43.5 Å². The Morgan fingerprint density at radius 2 is 1.51 bits per heavy atom. The Kier molecular flexibility index (Phi) is 13.8. The highest BCUT2D eigenvalue weighted by Crippen LogP contribution is 2.19. The lowest BCUT2D eigenvalue weighted by Crippen LogP contribution is -2.52. The number of nitrogens with zero attached hydrogens (tertiary/aromatic N) is 1. The highest BCUT2D eigenvalue weighted by Gasteiger charge is 2.31. The van der Waals surface area contributed by atoms with Crippen molar-refractivity contribution >= 4 is 22.0 Å². The third-order valence-electron chi connectivity index (χ3n) is 7.35. The molecule has 3 aromatic carbocycles. The van der Waals surface area contributed by atoms with E-state index in [9.17, 15) is 23.1 Å².